The van der Waals surface area contributed by atoms with E-state index in [1.165, 1.54) is 43.4 Å². The van der Waals surface area contributed by atoms with Crippen LogP contribution in [0.4, 0.5) is 0 Å². The van der Waals surface area contributed by atoms with Crippen LogP contribution in [0.5, 0.6) is 0 Å². The molecule has 4 rings (SSSR count). The minimum absolute atomic E-state index is 0.323. The molecule has 0 spiro atoms. The van der Waals surface area contributed by atoms with Gasteiger partial charge >= 0.3 is 0 Å². The third-order valence-electron chi connectivity index (χ3n) is 5.26. The van der Waals surface area contributed by atoms with Crippen molar-refractivity contribution in [3.8, 4) is 0 Å². The molecule has 0 heterocycles. The summed E-state index contributed by atoms with van der Waals surface area (Å²) in [6, 6.07) is 22.0. The summed E-state index contributed by atoms with van der Waals surface area (Å²) in [5.74, 6) is 1.01. The fourth-order valence-electron chi connectivity index (χ4n) is 3.61. The van der Waals surface area contributed by atoms with Crippen LogP contribution < -0.4 is 5.32 Å². The first-order valence-corrected chi connectivity index (χ1v) is 8.21. The maximum absolute atomic E-state index is 3.88. The Labute approximate surface area is 127 Å². The Balaban J connectivity index is 1.55. The summed E-state index contributed by atoms with van der Waals surface area (Å²) >= 11 is 0. The van der Waals surface area contributed by atoms with Crippen molar-refractivity contribution in [2.75, 3.05) is 6.54 Å². The SMILES string of the molecule is c1ccc(C(NCC2(C3CC3)CC2)c2ccccc2)cc1. The van der Waals surface area contributed by atoms with Gasteiger partial charge in [0, 0.05) is 6.54 Å². The predicted octanol–water partition coefficient (Wildman–Crippen LogP) is 4.56. The lowest BCUT2D eigenvalue weighted by atomic mass is 9.95. The quantitative estimate of drug-likeness (QED) is 0.816. The van der Waals surface area contributed by atoms with Crippen LogP contribution in [0.2, 0.25) is 0 Å². The second-order valence-corrected chi connectivity index (χ2v) is 6.77. The number of hydrogen-bond acceptors (Lipinski definition) is 1. The van der Waals surface area contributed by atoms with Gasteiger partial charge in [0.05, 0.1) is 6.04 Å². The molecule has 2 aromatic carbocycles. The molecule has 1 N–H and O–H groups in total. The van der Waals surface area contributed by atoms with Crippen molar-refractivity contribution in [2.45, 2.75) is 31.7 Å². The van der Waals surface area contributed by atoms with Gasteiger partial charge in [0.2, 0.25) is 0 Å². The monoisotopic (exact) mass is 277 g/mol. The van der Waals surface area contributed by atoms with Gasteiger partial charge < -0.3 is 5.32 Å². The zero-order valence-corrected chi connectivity index (χ0v) is 12.5. The molecule has 2 fully saturated rings. The van der Waals surface area contributed by atoms with Crippen molar-refractivity contribution in [1.82, 2.24) is 5.32 Å². The van der Waals surface area contributed by atoms with Crippen molar-refractivity contribution in [2.24, 2.45) is 11.3 Å². The van der Waals surface area contributed by atoms with Gasteiger partial charge in [0.15, 0.2) is 0 Å². The van der Waals surface area contributed by atoms with Crippen LogP contribution in [0.25, 0.3) is 0 Å². The lowest BCUT2D eigenvalue weighted by Gasteiger charge is -2.24. The van der Waals surface area contributed by atoms with Gasteiger partial charge in [-0.3, -0.25) is 0 Å². The van der Waals surface area contributed by atoms with Crippen molar-refractivity contribution in [3.05, 3.63) is 71.8 Å². The third-order valence-corrected chi connectivity index (χ3v) is 5.26. The molecule has 0 saturated heterocycles. The Hall–Kier alpha value is -1.60. The van der Waals surface area contributed by atoms with E-state index in [0.29, 0.717) is 11.5 Å². The number of hydrogen-bond donors (Lipinski definition) is 1. The van der Waals surface area contributed by atoms with E-state index < -0.39 is 0 Å². The highest BCUT2D eigenvalue weighted by Gasteiger charge is 2.53. The molecule has 2 aromatic rings. The first kappa shape index (κ1) is 13.1. The number of nitrogens with one attached hydrogen (secondary N) is 1. The van der Waals surface area contributed by atoms with Crippen LogP contribution in [0.15, 0.2) is 60.7 Å². The summed E-state index contributed by atoms with van der Waals surface area (Å²) in [5.41, 5.74) is 3.38. The fourth-order valence-corrected chi connectivity index (χ4v) is 3.61. The highest BCUT2D eigenvalue weighted by atomic mass is 14.9. The van der Waals surface area contributed by atoms with E-state index in [1.807, 2.05) is 0 Å². The van der Waals surface area contributed by atoms with E-state index in [2.05, 4.69) is 66.0 Å². The summed E-state index contributed by atoms with van der Waals surface area (Å²) in [6.45, 7) is 1.17. The van der Waals surface area contributed by atoms with Gasteiger partial charge in [0.25, 0.3) is 0 Å². The molecule has 0 atom stereocenters. The van der Waals surface area contributed by atoms with Gasteiger partial charge in [-0.25, -0.2) is 0 Å². The van der Waals surface area contributed by atoms with E-state index in [4.69, 9.17) is 0 Å². The van der Waals surface area contributed by atoms with Crippen LogP contribution in [-0.2, 0) is 0 Å². The first-order valence-electron chi connectivity index (χ1n) is 8.21. The van der Waals surface area contributed by atoms with E-state index in [0.717, 1.165) is 5.92 Å². The van der Waals surface area contributed by atoms with Gasteiger partial charge in [-0.2, -0.15) is 0 Å². The minimum atomic E-state index is 0.323. The molecular formula is C20H23N. The second kappa shape index (κ2) is 5.31. The molecule has 0 aromatic heterocycles. The Bertz CT molecular complexity index is 542. The Morgan fingerprint density at radius 1 is 0.857 bits per heavy atom. The van der Waals surface area contributed by atoms with E-state index in [-0.39, 0.29) is 0 Å². The fraction of sp³-hybridized carbons (Fsp3) is 0.400. The normalized spacial score (nSPS) is 19.7. The Morgan fingerprint density at radius 2 is 1.38 bits per heavy atom. The lowest BCUT2D eigenvalue weighted by molar-refractivity contribution is 0.388. The maximum Gasteiger partial charge on any atom is 0.0576 e. The summed E-state index contributed by atoms with van der Waals surface area (Å²) in [6.07, 6.45) is 5.79. The van der Waals surface area contributed by atoms with Crippen LogP contribution in [-0.4, -0.2) is 6.54 Å². The van der Waals surface area contributed by atoms with Crippen molar-refractivity contribution < 1.29 is 0 Å². The first-order chi connectivity index (χ1) is 10.4. The standard InChI is InChI=1S/C20H23N/c1-3-7-16(8-4-1)19(17-9-5-2-6-10-17)21-15-20(13-14-20)18-11-12-18/h1-10,18-19,21H,11-15H2. The molecular weight excluding hydrogens is 254 g/mol. The summed E-state index contributed by atoms with van der Waals surface area (Å²) in [5, 5.41) is 3.88. The number of benzene rings is 2. The Kier molecular flexibility index (Phi) is 3.31. The molecule has 21 heavy (non-hydrogen) atoms. The zero-order chi connectivity index (χ0) is 14.1. The molecule has 0 amide bonds. The molecule has 108 valence electrons. The highest BCUT2D eigenvalue weighted by Crippen LogP contribution is 2.61. The third kappa shape index (κ3) is 2.75. The molecule has 0 bridgehead atoms. The average molecular weight is 277 g/mol. The van der Waals surface area contributed by atoms with Gasteiger partial charge in [-0.15, -0.1) is 0 Å². The summed E-state index contributed by atoms with van der Waals surface area (Å²) in [4.78, 5) is 0. The van der Waals surface area contributed by atoms with Crippen molar-refractivity contribution in [3.63, 3.8) is 0 Å². The van der Waals surface area contributed by atoms with Crippen LogP contribution in [0.1, 0.15) is 42.9 Å². The smallest absolute Gasteiger partial charge is 0.0576 e. The van der Waals surface area contributed by atoms with E-state index in [9.17, 15) is 0 Å². The molecule has 2 aliphatic carbocycles. The van der Waals surface area contributed by atoms with E-state index >= 15 is 0 Å². The number of rotatable bonds is 6. The van der Waals surface area contributed by atoms with Crippen LogP contribution in [0, 0.1) is 11.3 Å². The predicted molar refractivity (Wildman–Crippen MR) is 87.1 cm³/mol. The van der Waals surface area contributed by atoms with Gasteiger partial charge in [-0.1, -0.05) is 60.7 Å². The topological polar surface area (TPSA) is 12.0 Å². The van der Waals surface area contributed by atoms with Crippen LogP contribution >= 0.6 is 0 Å². The lowest BCUT2D eigenvalue weighted by Crippen LogP contribution is -2.30. The maximum atomic E-state index is 3.88. The van der Waals surface area contributed by atoms with Crippen molar-refractivity contribution in [1.29, 1.82) is 0 Å². The molecule has 2 aliphatic rings. The van der Waals surface area contributed by atoms with E-state index in [1.54, 1.807) is 0 Å². The second-order valence-electron chi connectivity index (χ2n) is 6.77. The van der Waals surface area contributed by atoms with Gasteiger partial charge in [0.1, 0.15) is 0 Å². The molecule has 1 heteroatoms. The van der Waals surface area contributed by atoms with Crippen molar-refractivity contribution >= 4 is 0 Å². The van der Waals surface area contributed by atoms with Crippen LogP contribution in [0.3, 0.4) is 0 Å². The Morgan fingerprint density at radius 3 is 1.81 bits per heavy atom. The molecule has 2 saturated carbocycles. The summed E-state index contributed by atoms with van der Waals surface area (Å²) in [7, 11) is 0. The zero-order valence-electron chi connectivity index (χ0n) is 12.5. The average Bonchev–Trinajstić information content (AvgIpc) is 3.43. The molecule has 0 radical (unpaired) electrons. The molecule has 1 nitrogen and oxygen atoms in total. The summed E-state index contributed by atoms with van der Waals surface area (Å²) < 4.78 is 0. The molecule has 0 aliphatic heterocycles. The minimum Gasteiger partial charge on any atom is -0.306 e. The largest absolute Gasteiger partial charge is 0.306 e. The highest BCUT2D eigenvalue weighted by molar-refractivity contribution is 5.31. The molecule has 0 unspecified atom stereocenters. The van der Waals surface area contributed by atoms with Gasteiger partial charge in [-0.05, 0) is 48.1 Å².